The second kappa shape index (κ2) is 7.57. The van der Waals surface area contributed by atoms with Crippen LogP contribution in [0.4, 0.5) is 0 Å². The lowest BCUT2D eigenvalue weighted by molar-refractivity contribution is 0.0667. The molecule has 0 N–H and O–H groups in total. The lowest BCUT2D eigenvalue weighted by Gasteiger charge is -2.08. The average molecular weight is 298 g/mol. The molecule has 2 aromatic heterocycles. The molecule has 2 rings (SSSR count). The molecule has 0 spiro atoms. The number of imidazole rings is 1. The van der Waals surface area contributed by atoms with Gasteiger partial charge in [-0.15, -0.1) is 11.6 Å². The first-order chi connectivity index (χ1) is 9.76. The minimum absolute atomic E-state index is 0.548. The zero-order valence-corrected chi connectivity index (χ0v) is 12.7. The van der Waals surface area contributed by atoms with Crippen LogP contribution in [0, 0.1) is 6.92 Å². The highest BCUT2D eigenvalue weighted by molar-refractivity contribution is 6.17. The number of hydrogen-bond acceptors (Lipinski definition) is 4. The number of ether oxygens (including phenoxy) is 2. The number of pyridine rings is 1. The third-order valence-corrected chi connectivity index (χ3v) is 3.20. The number of fused-ring (bicyclic) bond motifs is 1. The zero-order chi connectivity index (χ0) is 14.4. The Labute approximate surface area is 123 Å². The Morgan fingerprint density at radius 3 is 2.90 bits per heavy atom. The van der Waals surface area contributed by atoms with E-state index in [1.807, 2.05) is 19.2 Å². The van der Waals surface area contributed by atoms with Gasteiger partial charge in [0.05, 0.1) is 19.8 Å². The van der Waals surface area contributed by atoms with Crippen molar-refractivity contribution in [2.24, 2.45) is 0 Å². The van der Waals surface area contributed by atoms with E-state index < -0.39 is 0 Å². The van der Waals surface area contributed by atoms with Crippen molar-refractivity contribution in [3.05, 3.63) is 23.7 Å². The minimum Gasteiger partial charge on any atom is -0.382 e. The Hall–Kier alpha value is -1.17. The van der Waals surface area contributed by atoms with Crippen molar-refractivity contribution in [2.75, 3.05) is 32.8 Å². The molecule has 110 valence electrons. The van der Waals surface area contributed by atoms with E-state index in [1.165, 1.54) is 0 Å². The Morgan fingerprint density at radius 2 is 2.15 bits per heavy atom. The molecular weight excluding hydrogens is 278 g/mol. The van der Waals surface area contributed by atoms with Gasteiger partial charge in [-0.3, -0.25) is 0 Å². The van der Waals surface area contributed by atoms with Gasteiger partial charge in [0.15, 0.2) is 5.65 Å². The summed E-state index contributed by atoms with van der Waals surface area (Å²) >= 11 is 5.85. The van der Waals surface area contributed by atoms with Gasteiger partial charge < -0.3 is 14.0 Å². The molecule has 0 radical (unpaired) electrons. The fourth-order valence-electron chi connectivity index (χ4n) is 2.07. The molecule has 0 aromatic carbocycles. The topological polar surface area (TPSA) is 49.2 Å². The highest BCUT2D eigenvalue weighted by Gasteiger charge is 2.11. The monoisotopic (exact) mass is 297 g/mol. The van der Waals surface area contributed by atoms with E-state index in [9.17, 15) is 0 Å². The Bertz CT molecular complexity index is 557. The lowest BCUT2D eigenvalue weighted by atomic mass is 10.3. The number of halogens is 1. The maximum atomic E-state index is 5.85. The van der Waals surface area contributed by atoms with Crippen LogP contribution in [0.3, 0.4) is 0 Å². The van der Waals surface area contributed by atoms with Gasteiger partial charge >= 0.3 is 0 Å². The Kier molecular flexibility index (Phi) is 5.76. The summed E-state index contributed by atoms with van der Waals surface area (Å²) in [6, 6.07) is 2.04. The van der Waals surface area contributed by atoms with Gasteiger partial charge in [0.2, 0.25) is 0 Å². The molecule has 0 aliphatic rings. The van der Waals surface area contributed by atoms with Crippen LogP contribution < -0.4 is 0 Å². The van der Waals surface area contributed by atoms with Crippen LogP contribution in [-0.2, 0) is 22.4 Å². The number of aryl methyl sites for hydroxylation is 2. The summed E-state index contributed by atoms with van der Waals surface area (Å²) < 4.78 is 12.6. The zero-order valence-electron chi connectivity index (χ0n) is 11.9. The maximum absolute atomic E-state index is 5.85. The SMILES string of the molecule is COCCOCCn1c(CCCl)nc2cc(C)cnc21. The number of aromatic nitrogens is 3. The van der Waals surface area contributed by atoms with Crippen LogP contribution in [0.1, 0.15) is 11.4 Å². The summed E-state index contributed by atoms with van der Waals surface area (Å²) in [5, 5.41) is 0. The summed E-state index contributed by atoms with van der Waals surface area (Å²) in [7, 11) is 1.66. The molecule has 0 aliphatic heterocycles. The van der Waals surface area contributed by atoms with Crippen LogP contribution in [0.15, 0.2) is 12.3 Å². The number of alkyl halides is 1. The summed E-state index contributed by atoms with van der Waals surface area (Å²) in [6.07, 6.45) is 2.59. The van der Waals surface area contributed by atoms with Crippen LogP contribution >= 0.6 is 11.6 Å². The molecule has 0 amide bonds. The van der Waals surface area contributed by atoms with Gasteiger partial charge in [-0.25, -0.2) is 9.97 Å². The normalized spacial score (nSPS) is 11.3. The van der Waals surface area contributed by atoms with Crippen molar-refractivity contribution in [1.29, 1.82) is 0 Å². The summed E-state index contributed by atoms with van der Waals surface area (Å²) in [5.74, 6) is 1.51. The molecular formula is C14H20ClN3O2. The number of methoxy groups -OCH3 is 1. The molecule has 0 atom stereocenters. The average Bonchev–Trinajstić information content (AvgIpc) is 2.76. The molecule has 0 fully saturated rings. The second-order valence-electron chi connectivity index (χ2n) is 4.58. The number of rotatable bonds is 8. The predicted octanol–water partition coefficient (Wildman–Crippen LogP) is 2.18. The van der Waals surface area contributed by atoms with Crippen LogP contribution in [-0.4, -0.2) is 47.3 Å². The van der Waals surface area contributed by atoms with Gasteiger partial charge in [-0.05, 0) is 18.6 Å². The van der Waals surface area contributed by atoms with Crippen molar-refractivity contribution in [3.8, 4) is 0 Å². The molecule has 2 aromatic rings. The molecule has 0 saturated heterocycles. The van der Waals surface area contributed by atoms with Gasteiger partial charge in [-0.1, -0.05) is 0 Å². The van der Waals surface area contributed by atoms with E-state index >= 15 is 0 Å². The third kappa shape index (κ3) is 3.69. The first kappa shape index (κ1) is 15.2. The molecule has 2 heterocycles. The lowest BCUT2D eigenvalue weighted by Crippen LogP contribution is -2.12. The molecule has 0 unspecified atom stereocenters. The maximum Gasteiger partial charge on any atom is 0.160 e. The van der Waals surface area contributed by atoms with E-state index in [-0.39, 0.29) is 0 Å². The Balaban J connectivity index is 2.13. The van der Waals surface area contributed by atoms with Gasteiger partial charge in [0.25, 0.3) is 0 Å². The van der Waals surface area contributed by atoms with Crippen molar-refractivity contribution >= 4 is 22.8 Å². The highest BCUT2D eigenvalue weighted by atomic mass is 35.5. The molecule has 0 aliphatic carbocycles. The fraction of sp³-hybridized carbons (Fsp3) is 0.571. The van der Waals surface area contributed by atoms with E-state index in [1.54, 1.807) is 7.11 Å². The summed E-state index contributed by atoms with van der Waals surface area (Å²) in [5.41, 5.74) is 2.92. The first-order valence-electron chi connectivity index (χ1n) is 6.70. The van der Waals surface area contributed by atoms with Crippen LogP contribution in [0.25, 0.3) is 11.2 Å². The van der Waals surface area contributed by atoms with E-state index in [0.29, 0.717) is 25.7 Å². The predicted molar refractivity (Wildman–Crippen MR) is 79.4 cm³/mol. The standard InChI is InChI=1S/C14H20ClN3O2/c1-11-9-12-14(16-10-11)18(13(17-12)3-4-15)5-6-20-8-7-19-2/h9-10H,3-8H2,1-2H3. The summed E-state index contributed by atoms with van der Waals surface area (Å²) in [6.45, 7) is 4.56. The van der Waals surface area contributed by atoms with Crippen molar-refractivity contribution < 1.29 is 9.47 Å². The smallest absolute Gasteiger partial charge is 0.160 e. The quantitative estimate of drug-likeness (QED) is 0.553. The van der Waals surface area contributed by atoms with Gasteiger partial charge in [0.1, 0.15) is 11.3 Å². The Morgan fingerprint density at radius 1 is 1.30 bits per heavy atom. The number of nitrogens with zero attached hydrogens (tertiary/aromatic N) is 3. The largest absolute Gasteiger partial charge is 0.382 e. The van der Waals surface area contributed by atoms with E-state index in [2.05, 4.69) is 14.5 Å². The highest BCUT2D eigenvalue weighted by Crippen LogP contribution is 2.16. The van der Waals surface area contributed by atoms with Crippen LogP contribution in [0.5, 0.6) is 0 Å². The molecule has 0 saturated carbocycles. The molecule has 0 bridgehead atoms. The molecule has 20 heavy (non-hydrogen) atoms. The first-order valence-corrected chi connectivity index (χ1v) is 7.24. The van der Waals surface area contributed by atoms with E-state index in [0.717, 1.165) is 35.5 Å². The minimum atomic E-state index is 0.548. The molecule has 6 heteroatoms. The van der Waals surface area contributed by atoms with Crippen molar-refractivity contribution in [3.63, 3.8) is 0 Å². The summed E-state index contributed by atoms with van der Waals surface area (Å²) in [4.78, 5) is 9.09. The van der Waals surface area contributed by atoms with Gasteiger partial charge in [-0.2, -0.15) is 0 Å². The van der Waals surface area contributed by atoms with E-state index in [4.69, 9.17) is 21.1 Å². The number of hydrogen-bond donors (Lipinski definition) is 0. The second-order valence-corrected chi connectivity index (χ2v) is 4.96. The van der Waals surface area contributed by atoms with Crippen LogP contribution in [0.2, 0.25) is 0 Å². The van der Waals surface area contributed by atoms with Gasteiger partial charge in [0, 0.05) is 32.2 Å². The van der Waals surface area contributed by atoms with Crippen molar-refractivity contribution in [1.82, 2.24) is 14.5 Å². The molecule has 5 nitrogen and oxygen atoms in total. The fourth-order valence-corrected chi connectivity index (χ4v) is 2.24. The third-order valence-electron chi connectivity index (χ3n) is 3.01. The van der Waals surface area contributed by atoms with Crippen molar-refractivity contribution in [2.45, 2.75) is 19.9 Å².